The van der Waals surface area contributed by atoms with Gasteiger partial charge in [0, 0.05) is 37.1 Å². The molecule has 4 heterocycles. The summed E-state index contributed by atoms with van der Waals surface area (Å²) in [5.74, 6) is -1.63. The van der Waals surface area contributed by atoms with Crippen molar-refractivity contribution in [1.82, 2.24) is 30.2 Å². The van der Waals surface area contributed by atoms with Gasteiger partial charge in [0.15, 0.2) is 17.7 Å². The van der Waals surface area contributed by atoms with E-state index < -0.39 is 125 Å². The fraction of sp³-hybridized carbons (Fsp3) is 0.704. The second kappa shape index (κ2) is 21.1. The van der Waals surface area contributed by atoms with Crippen LogP contribution in [0.2, 0.25) is 0 Å². The lowest BCUT2D eigenvalue weighted by Crippen LogP contribution is -2.46. The molecule has 0 aliphatic carbocycles. The van der Waals surface area contributed by atoms with Gasteiger partial charge in [0.1, 0.15) is 48.5 Å². The fourth-order valence-electron chi connectivity index (χ4n) is 5.55. The highest BCUT2D eigenvalue weighted by Crippen LogP contribution is 2.61. The number of nitrogen functional groups attached to an aromatic ring is 1. The highest BCUT2D eigenvalue weighted by molar-refractivity contribution is 8.13. The van der Waals surface area contributed by atoms with E-state index in [0.29, 0.717) is 0 Å². The van der Waals surface area contributed by atoms with Crippen molar-refractivity contribution in [3.63, 3.8) is 0 Å². The predicted molar refractivity (Wildman–Crippen MR) is 204 cm³/mol. The molecule has 2 aliphatic heterocycles. The smallest absolute Gasteiger partial charge is 0.390 e. The first-order valence-electron chi connectivity index (χ1n) is 17.6. The molecule has 0 aromatic carbocycles. The average Bonchev–Trinajstić information content (AvgIpc) is 3.71. The zero-order chi connectivity index (χ0) is 46.4. The molecular weight excluding hydrogens is 947 g/mol. The summed E-state index contributed by atoms with van der Waals surface area (Å²) in [5, 5.41) is 35.7. The number of fused-ring (bicyclic) bond motifs is 1. The Morgan fingerprint density at radius 2 is 1.74 bits per heavy atom. The number of amides is 2. The summed E-state index contributed by atoms with van der Waals surface area (Å²) in [4.78, 5) is 88.1. The summed E-state index contributed by atoms with van der Waals surface area (Å²) in [6, 6.07) is 0. The van der Waals surface area contributed by atoms with Gasteiger partial charge in [-0.05, 0) is 0 Å². The lowest BCUT2D eigenvalue weighted by molar-refractivity contribution is -0.140. The van der Waals surface area contributed by atoms with Crippen molar-refractivity contribution in [3.05, 3.63) is 12.7 Å². The number of nitrogens with one attached hydrogen (secondary N) is 2. The standard InChI is InChI=1S/C27H44N7O23P3S2/c1-27(2,21(38)24(39)30-4-3-17(36)29-5-6-61-26(40)14-7-13(35)15(8-51-14)56-62(48,49)50)10-53-60(46,47)57-59(44,45)52-9-16-20(55-58(41,42)43)19(37)25(54-16)34-12-33-18-22(28)31-11-32-23(18)34/h11-16,19-21,25,35,37-38H,3-10H2,1-2H3,(H,29,36)(H,30,39)(H,44,45)(H,46,47)(H2,28,31,32)(H2,41,42,43)(H,48,49,50). The van der Waals surface area contributed by atoms with Crippen molar-refractivity contribution >= 4 is 79.5 Å². The monoisotopic (exact) mass is 991 g/mol. The van der Waals surface area contributed by atoms with Gasteiger partial charge in [0.05, 0.1) is 32.3 Å². The maximum absolute atomic E-state index is 12.7. The van der Waals surface area contributed by atoms with Crippen LogP contribution in [0, 0.1) is 5.41 Å². The van der Waals surface area contributed by atoms with Crippen LogP contribution in [-0.4, -0.2) is 166 Å². The molecule has 35 heteroatoms. The Hall–Kier alpha value is -2.65. The molecule has 0 spiro atoms. The van der Waals surface area contributed by atoms with Crippen molar-refractivity contribution in [1.29, 1.82) is 0 Å². The number of carbonyl (C=O) groups is 3. The van der Waals surface area contributed by atoms with Gasteiger partial charge in [-0.1, -0.05) is 25.6 Å². The van der Waals surface area contributed by atoms with E-state index in [1.165, 1.54) is 13.8 Å². The van der Waals surface area contributed by atoms with Gasteiger partial charge in [-0.3, -0.25) is 37.1 Å². The Kier molecular flexibility index (Phi) is 17.7. The third-order valence-electron chi connectivity index (χ3n) is 8.60. The molecule has 2 aromatic rings. The number of aliphatic hydroxyl groups is 3. The minimum atomic E-state index is -5.62. The third-order valence-corrected chi connectivity index (χ3v) is 13.1. The molecule has 10 unspecified atom stereocenters. The number of carbonyl (C=O) groups excluding carboxylic acids is 3. The van der Waals surface area contributed by atoms with Gasteiger partial charge in [-0.25, -0.2) is 32.8 Å². The molecule has 2 fully saturated rings. The van der Waals surface area contributed by atoms with Gasteiger partial charge < -0.3 is 60.7 Å². The fourth-order valence-corrected chi connectivity index (χ4v) is 9.63. The minimum Gasteiger partial charge on any atom is -0.390 e. The Balaban J connectivity index is 1.18. The van der Waals surface area contributed by atoms with Gasteiger partial charge in [0.2, 0.25) is 16.9 Å². The number of aromatic nitrogens is 4. The SMILES string of the molecule is CC(C)(COP(=O)(O)OP(=O)(O)OCC1OC(n2cnc3c(N)ncnc32)C(O)C1OP(=O)(O)O)C(O)C(=O)NCCC(=O)NCCSC(=O)C1CC(O)C(OS(=O)(=O)O)CO1. The molecule has 2 aliphatic rings. The molecule has 10 atom stereocenters. The number of anilines is 1. The number of phosphoric ester groups is 3. The lowest BCUT2D eigenvalue weighted by Gasteiger charge is -2.31. The number of imidazole rings is 1. The minimum absolute atomic E-state index is 0.00821. The molecule has 2 amide bonds. The van der Waals surface area contributed by atoms with Crippen LogP contribution in [0.15, 0.2) is 12.7 Å². The van der Waals surface area contributed by atoms with Crippen molar-refractivity contribution < 1.29 is 107 Å². The van der Waals surface area contributed by atoms with Crippen molar-refractivity contribution in [2.75, 3.05) is 44.4 Å². The van der Waals surface area contributed by atoms with Crippen LogP contribution < -0.4 is 16.4 Å². The first-order chi connectivity index (χ1) is 28.6. The number of phosphoric acid groups is 3. The molecule has 4 rings (SSSR count). The summed E-state index contributed by atoms with van der Waals surface area (Å²) in [6.45, 7) is -0.517. The predicted octanol–water partition coefficient (Wildman–Crippen LogP) is -3.00. The van der Waals surface area contributed by atoms with Crippen molar-refractivity contribution in [2.24, 2.45) is 5.41 Å². The van der Waals surface area contributed by atoms with Gasteiger partial charge in [-0.2, -0.15) is 12.7 Å². The highest BCUT2D eigenvalue weighted by atomic mass is 32.3. The normalized spacial score (nSPS) is 26.1. The number of rotatable bonds is 22. The molecule has 0 radical (unpaired) electrons. The largest absolute Gasteiger partial charge is 0.481 e. The summed E-state index contributed by atoms with van der Waals surface area (Å²) < 4.78 is 102. The number of thioether (sulfide) groups is 1. The first-order valence-corrected chi connectivity index (χ1v) is 24.5. The van der Waals surface area contributed by atoms with Gasteiger partial charge in [-0.15, -0.1) is 0 Å². The maximum atomic E-state index is 12.7. The van der Waals surface area contributed by atoms with Crippen LogP contribution in [0.3, 0.4) is 0 Å². The van der Waals surface area contributed by atoms with Crippen molar-refractivity contribution in [2.45, 2.75) is 75.6 Å². The van der Waals surface area contributed by atoms with E-state index >= 15 is 0 Å². The third kappa shape index (κ3) is 15.2. The summed E-state index contributed by atoms with van der Waals surface area (Å²) >= 11 is 0.749. The zero-order valence-electron chi connectivity index (χ0n) is 32.2. The zero-order valence-corrected chi connectivity index (χ0v) is 36.5. The number of nitrogens with two attached hydrogens (primary N) is 1. The average molecular weight is 992 g/mol. The first kappa shape index (κ1) is 52.0. The number of hydrogen-bond acceptors (Lipinski definition) is 23. The number of hydrogen-bond donors (Lipinski definition) is 11. The second-order valence-electron chi connectivity index (χ2n) is 13.9. The van der Waals surface area contributed by atoms with E-state index in [1.807, 2.05) is 0 Å². The molecular formula is C27H44N7O23P3S2. The van der Waals surface area contributed by atoms with Gasteiger partial charge >= 0.3 is 33.9 Å². The molecule has 0 saturated carbocycles. The quantitative estimate of drug-likeness (QED) is 0.0318. The molecule has 2 aromatic heterocycles. The van der Waals surface area contributed by atoms with E-state index in [4.69, 9.17) is 28.8 Å². The Labute approximate surface area is 354 Å². The van der Waals surface area contributed by atoms with Crippen molar-refractivity contribution in [3.8, 4) is 0 Å². The van der Waals surface area contributed by atoms with E-state index in [1.54, 1.807) is 0 Å². The molecule has 352 valence electrons. The number of nitrogens with zero attached hydrogens (tertiary/aromatic N) is 4. The van der Waals surface area contributed by atoms with Crippen LogP contribution >= 0.6 is 35.2 Å². The highest BCUT2D eigenvalue weighted by Gasteiger charge is 2.50. The second-order valence-corrected chi connectivity index (χ2v) is 20.3. The molecule has 30 nitrogen and oxygen atoms in total. The molecule has 12 N–H and O–H groups in total. The van der Waals surface area contributed by atoms with Crippen LogP contribution in [0.25, 0.3) is 11.2 Å². The summed E-state index contributed by atoms with van der Waals surface area (Å²) in [7, 11) is -21.4. The Morgan fingerprint density at radius 1 is 1.06 bits per heavy atom. The molecule has 0 bridgehead atoms. The van der Waals surface area contributed by atoms with Crippen LogP contribution in [0.1, 0.15) is 32.9 Å². The topological polar surface area (TPSA) is 457 Å². The van der Waals surface area contributed by atoms with Gasteiger partial charge in [0.25, 0.3) is 0 Å². The van der Waals surface area contributed by atoms with E-state index in [2.05, 4.69) is 38.6 Å². The molecule has 62 heavy (non-hydrogen) atoms. The number of aliphatic hydroxyl groups excluding tert-OH is 3. The summed E-state index contributed by atoms with van der Waals surface area (Å²) in [5.41, 5.74) is 4.14. The number of ether oxygens (including phenoxy) is 2. The Morgan fingerprint density at radius 3 is 2.39 bits per heavy atom. The maximum Gasteiger partial charge on any atom is 0.481 e. The van der Waals surface area contributed by atoms with Crippen LogP contribution in [0.5, 0.6) is 0 Å². The van der Waals surface area contributed by atoms with Crippen LogP contribution in [0.4, 0.5) is 5.82 Å². The molecule has 2 saturated heterocycles. The summed E-state index contributed by atoms with van der Waals surface area (Å²) in [6.07, 6.45) is -11.5. The van der Waals surface area contributed by atoms with Crippen LogP contribution in [-0.2, 0) is 70.0 Å². The van der Waals surface area contributed by atoms with E-state index in [-0.39, 0.29) is 48.7 Å². The van der Waals surface area contributed by atoms with E-state index in [0.717, 1.165) is 29.0 Å². The van der Waals surface area contributed by atoms with E-state index in [9.17, 15) is 71.4 Å². The Bertz CT molecular complexity index is 2180. The lowest BCUT2D eigenvalue weighted by atomic mass is 9.87.